The van der Waals surface area contributed by atoms with Crippen molar-refractivity contribution in [2.45, 2.75) is 0 Å². The molecule has 2 aromatic rings. The molecule has 0 spiro atoms. The minimum Gasteiger partial charge on any atom is -0.286 e. The molecule has 0 aliphatic rings. The molecule has 22 heavy (non-hydrogen) atoms. The molecule has 2 rings (SSSR count). The van der Waals surface area contributed by atoms with E-state index < -0.39 is 11.6 Å². The Labute approximate surface area is 138 Å². The van der Waals surface area contributed by atoms with Gasteiger partial charge in [-0.1, -0.05) is 59.6 Å². The molecule has 110 valence electrons. The zero-order valence-electron chi connectivity index (χ0n) is 11.5. The third-order valence-electron chi connectivity index (χ3n) is 2.79. The SMILES string of the molecule is O=C(/C=C/c1cccc(Cl)c1)C(=O)/C=C/c1cccc(Cl)c1. The largest absolute Gasteiger partial charge is 0.286 e. The molecule has 0 amide bonds. The summed E-state index contributed by atoms with van der Waals surface area (Å²) in [5.41, 5.74) is 1.51. The van der Waals surface area contributed by atoms with Gasteiger partial charge in [0.2, 0.25) is 11.6 Å². The smallest absolute Gasteiger partial charge is 0.225 e. The van der Waals surface area contributed by atoms with Crippen molar-refractivity contribution in [3.05, 3.63) is 81.9 Å². The van der Waals surface area contributed by atoms with Crippen LogP contribution in [-0.2, 0) is 9.59 Å². The second-order valence-corrected chi connectivity index (χ2v) is 5.38. The Morgan fingerprint density at radius 3 is 1.50 bits per heavy atom. The molecule has 2 nitrogen and oxygen atoms in total. The predicted molar refractivity (Wildman–Crippen MR) is 91.0 cm³/mol. The van der Waals surface area contributed by atoms with Gasteiger partial charge in [-0.3, -0.25) is 9.59 Å². The number of carbonyl (C=O) groups excluding carboxylic acids is 2. The summed E-state index contributed by atoms with van der Waals surface area (Å²) in [6.07, 6.45) is 5.57. The minimum atomic E-state index is -0.599. The number of benzene rings is 2. The van der Waals surface area contributed by atoms with E-state index in [2.05, 4.69) is 0 Å². The molecule has 0 unspecified atom stereocenters. The molecule has 0 saturated carbocycles. The van der Waals surface area contributed by atoms with Crippen LogP contribution in [0.15, 0.2) is 60.7 Å². The maximum atomic E-state index is 11.7. The van der Waals surface area contributed by atoms with Gasteiger partial charge >= 0.3 is 0 Å². The monoisotopic (exact) mass is 330 g/mol. The highest BCUT2D eigenvalue weighted by molar-refractivity contribution is 6.46. The van der Waals surface area contributed by atoms with Gasteiger partial charge < -0.3 is 0 Å². The van der Waals surface area contributed by atoms with Gasteiger partial charge in [-0.05, 0) is 47.5 Å². The Morgan fingerprint density at radius 1 is 0.727 bits per heavy atom. The molecule has 0 heterocycles. The summed E-state index contributed by atoms with van der Waals surface area (Å²) in [6, 6.07) is 14.0. The first-order chi connectivity index (χ1) is 10.5. The summed E-state index contributed by atoms with van der Waals surface area (Å²) in [7, 11) is 0. The summed E-state index contributed by atoms with van der Waals surface area (Å²) < 4.78 is 0. The van der Waals surface area contributed by atoms with Crippen LogP contribution in [-0.4, -0.2) is 11.6 Å². The summed E-state index contributed by atoms with van der Waals surface area (Å²) in [5.74, 6) is -1.20. The first-order valence-electron chi connectivity index (χ1n) is 6.50. The third-order valence-corrected chi connectivity index (χ3v) is 3.26. The summed E-state index contributed by atoms with van der Waals surface area (Å²) in [6.45, 7) is 0. The van der Waals surface area contributed by atoms with Crippen molar-refractivity contribution in [1.82, 2.24) is 0 Å². The molecule has 2 aromatic carbocycles. The fourth-order valence-corrected chi connectivity index (χ4v) is 2.13. The molecule has 0 aromatic heterocycles. The summed E-state index contributed by atoms with van der Waals surface area (Å²) in [4.78, 5) is 23.5. The van der Waals surface area contributed by atoms with E-state index in [0.29, 0.717) is 10.0 Å². The van der Waals surface area contributed by atoms with Crippen LogP contribution in [0.2, 0.25) is 10.0 Å². The first kappa shape index (κ1) is 16.2. The highest BCUT2D eigenvalue weighted by Crippen LogP contribution is 2.13. The molecule has 0 saturated heterocycles. The maximum Gasteiger partial charge on any atom is 0.225 e. The number of hydrogen-bond acceptors (Lipinski definition) is 2. The average molecular weight is 331 g/mol. The number of allylic oxidation sites excluding steroid dienone is 2. The van der Waals surface area contributed by atoms with Crippen LogP contribution in [0.1, 0.15) is 11.1 Å². The number of carbonyl (C=O) groups is 2. The second-order valence-electron chi connectivity index (χ2n) is 4.51. The van der Waals surface area contributed by atoms with Crippen LogP contribution < -0.4 is 0 Å². The Morgan fingerprint density at radius 2 is 1.14 bits per heavy atom. The van der Waals surface area contributed by atoms with Crippen LogP contribution >= 0.6 is 23.2 Å². The third kappa shape index (κ3) is 4.99. The molecule has 0 aliphatic carbocycles. The van der Waals surface area contributed by atoms with Gasteiger partial charge in [0.15, 0.2) is 0 Å². The van der Waals surface area contributed by atoms with Crippen LogP contribution in [0.4, 0.5) is 0 Å². The van der Waals surface area contributed by atoms with E-state index in [9.17, 15) is 9.59 Å². The number of hydrogen-bond donors (Lipinski definition) is 0. The molecule has 0 fully saturated rings. The van der Waals surface area contributed by atoms with Crippen LogP contribution in [0.5, 0.6) is 0 Å². The first-order valence-corrected chi connectivity index (χ1v) is 7.26. The average Bonchev–Trinajstić information content (AvgIpc) is 2.50. The molecular weight excluding hydrogens is 319 g/mol. The Bertz CT molecular complexity index is 696. The lowest BCUT2D eigenvalue weighted by atomic mass is 10.1. The zero-order valence-corrected chi connectivity index (χ0v) is 13.0. The topological polar surface area (TPSA) is 34.1 Å². The second kappa shape index (κ2) is 7.74. The Hall–Kier alpha value is -2.16. The molecule has 0 bridgehead atoms. The predicted octanol–water partition coefficient (Wildman–Crippen LogP) is 4.86. The van der Waals surface area contributed by atoms with Crippen LogP contribution in [0.3, 0.4) is 0 Å². The van der Waals surface area contributed by atoms with Crippen molar-refractivity contribution in [1.29, 1.82) is 0 Å². The van der Waals surface area contributed by atoms with Crippen molar-refractivity contribution in [2.75, 3.05) is 0 Å². The molecular formula is C18H12Cl2O2. The van der Waals surface area contributed by atoms with Crippen LogP contribution in [0, 0.1) is 0 Å². The van der Waals surface area contributed by atoms with Crippen molar-refractivity contribution in [3.63, 3.8) is 0 Å². The van der Waals surface area contributed by atoms with E-state index in [1.54, 1.807) is 60.7 Å². The van der Waals surface area contributed by atoms with Crippen molar-refractivity contribution >= 4 is 46.9 Å². The zero-order chi connectivity index (χ0) is 15.9. The maximum absolute atomic E-state index is 11.7. The van der Waals surface area contributed by atoms with E-state index in [0.717, 1.165) is 11.1 Å². The number of rotatable bonds is 5. The lowest BCUT2D eigenvalue weighted by Crippen LogP contribution is -2.06. The van der Waals surface area contributed by atoms with Crippen molar-refractivity contribution in [2.24, 2.45) is 0 Å². The lowest BCUT2D eigenvalue weighted by Gasteiger charge is -1.94. The van der Waals surface area contributed by atoms with Gasteiger partial charge in [0.25, 0.3) is 0 Å². The molecule has 0 radical (unpaired) electrons. The quantitative estimate of drug-likeness (QED) is 0.579. The number of ketones is 2. The Kier molecular flexibility index (Phi) is 5.70. The lowest BCUT2D eigenvalue weighted by molar-refractivity contribution is -0.130. The van der Waals surface area contributed by atoms with Crippen molar-refractivity contribution < 1.29 is 9.59 Å². The fourth-order valence-electron chi connectivity index (χ4n) is 1.73. The van der Waals surface area contributed by atoms with Gasteiger partial charge in [-0.15, -0.1) is 0 Å². The van der Waals surface area contributed by atoms with Gasteiger partial charge in [-0.25, -0.2) is 0 Å². The van der Waals surface area contributed by atoms with Gasteiger partial charge in [0.05, 0.1) is 0 Å². The molecule has 4 heteroatoms. The summed E-state index contributed by atoms with van der Waals surface area (Å²) >= 11 is 11.7. The van der Waals surface area contributed by atoms with Gasteiger partial charge in [0.1, 0.15) is 0 Å². The molecule has 0 aliphatic heterocycles. The summed E-state index contributed by atoms with van der Waals surface area (Å²) in [5, 5.41) is 1.14. The normalized spacial score (nSPS) is 11.2. The number of halogens is 2. The standard InChI is InChI=1S/C18H12Cl2O2/c19-15-5-1-3-13(11-15)7-9-17(21)18(22)10-8-14-4-2-6-16(20)12-14/h1-12H/b9-7+,10-8+. The Balaban J connectivity index is 2.02. The fraction of sp³-hybridized carbons (Fsp3) is 0. The molecule has 0 N–H and O–H groups in total. The van der Waals surface area contributed by atoms with E-state index in [1.807, 2.05) is 0 Å². The van der Waals surface area contributed by atoms with E-state index in [4.69, 9.17) is 23.2 Å². The minimum absolute atomic E-state index is 0.571. The van der Waals surface area contributed by atoms with E-state index >= 15 is 0 Å². The highest BCUT2D eigenvalue weighted by atomic mass is 35.5. The van der Waals surface area contributed by atoms with E-state index in [-0.39, 0.29) is 0 Å². The molecule has 0 atom stereocenters. The van der Waals surface area contributed by atoms with E-state index in [1.165, 1.54) is 12.2 Å². The van der Waals surface area contributed by atoms with Crippen LogP contribution in [0.25, 0.3) is 12.2 Å². The van der Waals surface area contributed by atoms with Gasteiger partial charge in [-0.2, -0.15) is 0 Å². The van der Waals surface area contributed by atoms with Crippen molar-refractivity contribution in [3.8, 4) is 0 Å². The highest BCUT2D eigenvalue weighted by Gasteiger charge is 2.05. The van der Waals surface area contributed by atoms with Gasteiger partial charge in [0, 0.05) is 10.0 Å².